The third-order valence-electron chi connectivity index (χ3n) is 7.60. The quantitative estimate of drug-likeness (QED) is 0.0963. The highest BCUT2D eigenvalue weighted by Crippen LogP contribution is 2.20. The van der Waals surface area contributed by atoms with E-state index in [4.69, 9.17) is 19.9 Å². The number of aromatic nitrogens is 12. The van der Waals surface area contributed by atoms with E-state index in [0.29, 0.717) is 0 Å². The Hall–Kier alpha value is -7.42. The fourth-order valence-electron chi connectivity index (χ4n) is 5.18. The van der Waals surface area contributed by atoms with Crippen LogP contribution in [0.2, 0.25) is 0 Å². The Bertz CT molecular complexity index is 2390. The van der Waals surface area contributed by atoms with Gasteiger partial charge in [0.15, 0.2) is 0 Å². The molecule has 0 fully saturated rings. The highest BCUT2D eigenvalue weighted by molar-refractivity contribution is 6.51. The largest absolute Gasteiger partial charge is 0.673 e. The predicted octanol–water partition coefficient (Wildman–Crippen LogP) is 7.95. The van der Waals surface area contributed by atoms with Crippen LogP contribution in [-0.4, -0.2) is 67.2 Å². The molecular formula is C36H36B4F16N12. The summed E-state index contributed by atoms with van der Waals surface area (Å²) in [5.41, 5.74) is 3.40. The van der Waals surface area contributed by atoms with Gasteiger partial charge in [0.2, 0.25) is 48.6 Å². The van der Waals surface area contributed by atoms with Crippen molar-refractivity contribution in [3.05, 3.63) is 148 Å². The van der Waals surface area contributed by atoms with Crippen molar-refractivity contribution in [1.82, 2.24) is 38.2 Å². The Kier molecular flexibility index (Phi) is 19.3. The van der Waals surface area contributed by atoms with E-state index in [1.54, 1.807) is 0 Å². The first-order chi connectivity index (χ1) is 31.4. The van der Waals surface area contributed by atoms with Gasteiger partial charge < -0.3 is 69.1 Å². The summed E-state index contributed by atoms with van der Waals surface area (Å²) >= 11 is 0. The molecule has 0 aliphatic rings. The van der Waals surface area contributed by atoms with Gasteiger partial charge in [-0.1, -0.05) is 24.3 Å². The first kappa shape index (κ1) is 54.9. The number of hydrogen-bond donors (Lipinski definition) is 0. The summed E-state index contributed by atoms with van der Waals surface area (Å²) in [6.45, 7) is 0. The fourth-order valence-corrected chi connectivity index (χ4v) is 5.18. The van der Waals surface area contributed by atoms with Crippen LogP contribution in [-0.2, 0) is 28.2 Å². The van der Waals surface area contributed by atoms with Crippen LogP contribution in [0.25, 0.3) is 46.0 Å². The number of aryl methyl sites for hydroxylation is 4. The normalized spacial score (nSPS) is 11.2. The molecule has 8 rings (SSSR count). The minimum Gasteiger partial charge on any atom is -0.418 e. The highest BCUT2D eigenvalue weighted by atomic mass is 19.5. The number of imidazole rings is 4. The summed E-state index contributed by atoms with van der Waals surface area (Å²) in [5.74, 6) is 3.47. The topological polar surface area (TPSA) is 86.8 Å². The maximum Gasteiger partial charge on any atom is 0.673 e. The number of halogens is 16. The third-order valence-corrected chi connectivity index (χ3v) is 7.60. The molecule has 0 bridgehead atoms. The first-order valence-corrected chi connectivity index (χ1v) is 18.9. The van der Waals surface area contributed by atoms with Gasteiger partial charge in [-0.3, -0.25) is 0 Å². The van der Waals surface area contributed by atoms with Gasteiger partial charge >= 0.3 is 29.0 Å². The summed E-state index contributed by atoms with van der Waals surface area (Å²) in [6.07, 6.45) is 23.8. The van der Waals surface area contributed by atoms with E-state index in [1.807, 2.05) is 212 Å². The maximum atomic E-state index is 9.75. The van der Waals surface area contributed by atoms with Crippen LogP contribution < -0.4 is 18.3 Å². The Balaban J connectivity index is 0.000000259. The first-order valence-electron chi connectivity index (χ1n) is 18.9. The van der Waals surface area contributed by atoms with Crippen LogP contribution >= 0.6 is 0 Å². The molecular weight excluding hydrogens is 948 g/mol. The van der Waals surface area contributed by atoms with Crippen LogP contribution in [0.3, 0.4) is 0 Å². The molecule has 0 radical (unpaired) electrons. The summed E-state index contributed by atoms with van der Waals surface area (Å²) in [6, 6.07) is 23.9. The number of hydrogen-bond acceptors (Lipinski definition) is 4. The minimum atomic E-state index is -6.00. The van der Waals surface area contributed by atoms with E-state index < -0.39 is 29.0 Å². The zero-order chi connectivity index (χ0) is 51.0. The van der Waals surface area contributed by atoms with Gasteiger partial charge in [0.25, 0.3) is 0 Å². The van der Waals surface area contributed by atoms with Crippen LogP contribution in [0.4, 0.5) is 69.1 Å². The van der Waals surface area contributed by atoms with E-state index in [1.165, 1.54) is 0 Å². The monoisotopic (exact) mass is 984 g/mol. The predicted molar refractivity (Wildman–Crippen MR) is 218 cm³/mol. The molecule has 0 amide bonds. The lowest BCUT2D eigenvalue weighted by Gasteiger charge is -2.03. The van der Waals surface area contributed by atoms with E-state index in [-0.39, 0.29) is 0 Å². The second-order valence-electron chi connectivity index (χ2n) is 13.4. The van der Waals surface area contributed by atoms with Crippen molar-refractivity contribution >= 4 is 29.0 Å². The minimum absolute atomic E-state index is 0.849. The zero-order valence-corrected chi connectivity index (χ0v) is 35.6. The molecule has 0 saturated heterocycles. The summed E-state index contributed by atoms with van der Waals surface area (Å²) < 4.78 is 172. The lowest BCUT2D eigenvalue weighted by atomic mass is 10.2. The van der Waals surface area contributed by atoms with Gasteiger partial charge in [0.1, 0.15) is 49.6 Å². The third kappa shape index (κ3) is 22.7. The molecule has 0 unspecified atom stereocenters. The molecule has 0 aliphatic carbocycles. The van der Waals surface area contributed by atoms with Crippen molar-refractivity contribution in [1.29, 1.82) is 0 Å². The molecule has 8 aromatic heterocycles. The fraction of sp³-hybridized carbons (Fsp3) is 0.111. The van der Waals surface area contributed by atoms with Crippen LogP contribution in [0.15, 0.2) is 148 Å². The number of pyridine rings is 4. The van der Waals surface area contributed by atoms with Crippen molar-refractivity contribution < 1.29 is 87.3 Å². The molecule has 364 valence electrons. The van der Waals surface area contributed by atoms with E-state index >= 15 is 0 Å². The molecule has 8 aromatic rings. The Labute approximate surface area is 376 Å². The van der Waals surface area contributed by atoms with Crippen LogP contribution in [0.5, 0.6) is 0 Å². The molecule has 0 atom stereocenters. The highest BCUT2D eigenvalue weighted by Gasteiger charge is 2.22. The van der Waals surface area contributed by atoms with Crippen molar-refractivity contribution in [2.24, 2.45) is 28.2 Å². The Morgan fingerprint density at radius 2 is 0.471 bits per heavy atom. The summed E-state index contributed by atoms with van der Waals surface area (Å²) in [7, 11) is -16.0. The molecule has 0 aliphatic heterocycles. The molecule has 32 heteroatoms. The lowest BCUT2D eigenvalue weighted by molar-refractivity contribution is -0.670. The lowest BCUT2D eigenvalue weighted by Crippen LogP contribution is -2.23. The molecule has 0 N–H and O–H groups in total. The van der Waals surface area contributed by atoms with E-state index in [9.17, 15) is 69.1 Å². The van der Waals surface area contributed by atoms with Gasteiger partial charge in [-0.15, -0.1) is 0 Å². The average Bonchev–Trinajstić information content (AvgIpc) is 4.05. The second-order valence-corrected chi connectivity index (χ2v) is 13.4. The van der Waals surface area contributed by atoms with Crippen molar-refractivity contribution in [2.45, 2.75) is 0 Å². The molecule has 0 spiro atoms. The zero-order valence-electron chi connectivity index (χ0n) is 35.6. The Morgan fingerprint density at radius 1 is 0.309 bits per heavy atom. The van der Waals surface area contributed by atoms with Gasteiger partial charge in [0, 0.05) is 24.3 Å². The van der Waals surface area contributed by atoms with E-state index in [2.05, 4.69) is 0 Å². The molecule has 0 saturated carbocycles. The molecule has 12 nitrogen and oxygen atoms in total. The standard InChI is InChI=1S/2C18H18N6.4BF4/c2*1-21-9-11-23(13-21)17-7-3-5-15(19-17)16-6-4-8-18(20-16)24-12-10-22(2)14-24;4*2-1(3,4)5/h2*3-14H,1-2H3;;;;/q2*+2;4*-1. The van der Waals surface area contributed by atoms with Crippen molar-refractivity contribution in [2.75, 3.05) is 0 Å². The van der Waals surface area contributed by atoms with Crippen molar-refractivity contribution in [3.63, 3.8) is 0 Å². The number of nitrogens with zero attached hydrogens (tertiary/aromatic N) is 12. The maximum absolute atomic E-state index is 9.75. The van der Waals surface area contributed by atoms with Crippen LogP contribution in [0.1, 0.15) is 0 Å². The van der Waals surface area contributed by atoms with Gasteiger partial charge in [-0.2, -0.15) is 18.3 Å². The number of rotatable bonds is 6. The van der Waals surface area contributed by atoms with E-state index in [0.717, 1.165) is 46.0 Å². The average molecular weight is 984 g/mol. The van der Waals surface area contributed by atoms with Gasteiger partial charge in [-0.05, 0) is 24.3 Å². The smallest absolute Gasteiger partial charge is 0.418 e. The summed E-state index contributed by atoms with van der Waals surface area (Å²) in [5, 5.41) is 0. The Morgan fingerprint density at radius 3 is 0.603 bits per heavy atom. The van der Waals surface area contributed by atoms with Gasteiger partial charge in [-0.25, -0.2) is 38.2 Å². The van der Waals surface area contributed by atoms with Crippen molar-refractivity contribution in [3.8, 4) is 46.0 Å². The molecule has 8 heterocycles. The van der Waals surface area contributed by atoms with Gasteiger partial charge in [0.05, 0.1) is 51.0 Å². The second kappa shape index (κ2) is 23.9. The SMILES string of the molecule is C[n+]1ccn(-c2cccc(-c3cccc(-n4cc[n+](C)c4)n3)n2)c1.C[n+]1ccn(-c2cccc(-c3cccc(-n4cc[n+](C)c4)n3)n2)c1.F[B-](F)(F)F.F[B-](F)(F)F.F[B-](F)(F)F.F[B-](F)(F)F. The van der Waals surface area contributed by atoms with Crippen LogP contribution in [0, 0.1) is 0 Å². The molecule has 68 heavy (non-hydrogen) atoms. The molecule has 0 aromatic carbocycles. The summed E-state index contributed by atoms with van der Waals surface area (Å²) in [4.78, 5) is 19.0.